The quantitative estimate of drug-likeness (QED) is 0.531. The highest BCUT2D eigenvalue weighted by molar-refractivity contribution is 6.09. The van der Waals surface area contributed by atoms with Crippen molar-refractivity contribution in [2.24, 2.45) is 0 Å². The molecule has 4 aromatic rings. The van der Waals surface area contributed by atoms with Crippen LogP contribution in [-0.4, -0.2) is 17.9 Å². The normalized spacial score (nSPS) is 10.8. The van der Waals surface area contributed by atoms with E-state index < -0.39 is 0 Å². The molecular formula is C22H17NO2. The lowest BCUT2D eigenvalue weighted by molar-refractivity contribution is 0.103. The summed E-state index contributed by atoms with van der Waals surface area (Å²) in [6.45, 7) is 0. The van der Waals surface area contributed by atoms with E-state index in [1.165, 1.54) is 0 Å². The van der Waals surface area contributed by atoms with E-state index in [1.54, 1.807) is 19.2 Å². The minimum Gasteiger partial charge on any atom is -0.497 e. The zero-order valence-corrected chi connectivity index (χ0v) is 13.8. The smallest absolute Gasteiger partial charge is 0.193 e. The number of H-pyrrole nitrogens is 1. The zero-order chi connectivity index (χ0) is 17.2. The number of hydrogen-bond acceptors (Lipinski definition) is 2. The van der Waals surface area contributed by atoms with E-state index in [1.807, 2.05) is 54.6 Å². The van der Waals surface area contributed by atoms with E-state index >= 15 is 0 Å². The second kappa shape index (κ2) is 6.29. The van der Waals surface area contributed by atoms with Gasteiger partial charge in [-0.25, -0.2) is 0 Å². The summed E-state index contributed by atoms with van der Waals surface area (Å²) in [5, 5.41) is 1.15. The highest BCUT2D eigenvalue weighted by Crippen LogP contribution is 2.26. The molecule has 0 unspecified atom stereocenters. The van der Waals surface area contributed by atoms with Crippen LogP contribution in [-0.2, 0) is 0 Å². The molecule has 1 aromatic heterocycles. The Balaban J connectivity index is 1.72. The number of rotatable bonds is 4. The van der Waals surface area contributed by atoms with E-state index in [4.69, 9.17) is 4.74 Å². The first-order valence-corrected chi connectivity index (χ1v) is 8.11. The number of benzene rings is 3. The van der Waals surface area contributed by atoms with Crippen LogP contribution in [0.25, 0.3) is 22.2 Å². The molecule has 25 heavy (non-hydrogen) atoms. The summed E-state index contributed by atoms with van der Waals surface area (Å²) in [6.07, 6.45) is 0. The fraction of sp³-hybridized carbons (Fsp3) is 0.0455. The molecule has 0 atom stereocenters. The number of carbonyl (C=O) groups excluding carboxylic acids is 1. The molecule has 0 bridgehead atoms. The third-order valence-corrected chi connectivity index (χ3v) is 4.30. The van der Waals surface area contributed by atoms with Crippen LogP contribution < -0.4 is 4.74 Å². The number of para-hydroxylation sites is 1. The Morgan fingerprint density at radius 2 is 1.60 bits per heavy atom. The van der Waals surface area contributed by atoms with E-state index in [2.05, 4.69) is 17.1 Å². The van der Waals surface area contributed by atoms with Gasteiger partial charge in [0.2, 0.25) is 0 Å². The van der Waals surface area contributed by atoms with Gasteiger partial charge in [-0.1, -0.05) is 48.5 Å². The average Bonchev–Trinajstić information content (AvgIpc) is 3.12. The first-order chi connectivity index (χ1) is 12.2. The van der Waals surface area contributed by atoms with Crippen LogP contribution >= 0.6 is 0 Å². The van der Waals surface area contributed by atoms with Gasteiger partial charge in [-0.3, -0.25) is 4.79 Å². The van der Waals surface area contributed by atoms with Crippen molar-refractivity contribution in [2.75, 3.05) is 7.11 Å². The third-order valence-electron chi connectivity index (χ3n) is 4.30. The van der Waals surface area contributed by atoms with Gasteiger partial charge >= 0.3 is 0 Å². The lowest BCUT2D eigenvalue weighted by Crippen LogP contribution is -2.01. The Kier molecular flexibility index (Phi) is 3.82. The van der Waals surface area contributed by atoms with Crippen molar-refractivity contribution in [3.63, 3.8) is 0 Å². The van der Waals surface area contributed by atoms with Gasteiger partial charge in [-0.2, -0.15) is 0 Å². The Morgan fingerprint density at radius 3 is 2.40 bits per heavy atom. The molecule has 0 fully saturated rings. The molecule has 0 saturated heterocycles. The van der Waals surface area contributed by atoms with Crippen LogP contribution in [0.5, 0.6) is 5.75 Å². The molecule has 3 heteroatoms. The van der Waals surface area contributed by atoms with Crippen LogP contribution in [0.1, 0.15) is 15.9 Å². The average molecular weight is 327 g/mol. The minimum absolute atomic E-state index is 0.0168. The highest BCUT2D eigenvalue weighted by atomic mass is 16.5. The van der Waals surface area contributed by atoms with Gasteiger partial charge in [0.15, 0.2) is 5.78 Å². The summed E-state index contributed by atoms with van der Waals surface area (Å²) < 4.78 is 5.21. The molecule has 0 aliphatic heterocycles. The van der Waals surface area contributed by atoms with Crippen molar-refractivity contribution in [3.05, 3.63) is 90.0 Å². The molecule has 0 aliphatic carbocycles. The molecule has 1 N–H and O–H groups in total. The zero-order valence-electron chi connectivity index (χ0n) is 13.8. The maximum absolute atomic E-state index is 12.8. The van der Waals surface area contributed by atoms with Crippen LogP contribution in [0.15, 0.2) is 78.9 Å². The van der Waals surface area contributed by atoms with Gasteiger partial charge in [-0.15, -0.1) is 0 Å². The summed E-state index contributed by atoms with van der Waals surface area (Å²) in [6, 6.07) is 25.1. The fourth-order valence-corrected chi connectivity index (χ4v) is 2.99. The lowest BCUT2D eigenvalue weighted by atomic mass is 10.00. The molecule has 3 aromatic carbocycles. The molecule has 0 spiro atoms. The van der Waals surface area contributed by atoms with Crippen molar-refractivity contribution in [1.29, 1.82) is 0 Å². The number of ketones is 1. The molecule has 0 amide bonds. The maximum atomic E-state index is 12.8. The Bertz CT molecular complexity index is 1030. The van der Waals surface area contributed by atoms with Crippen molar-refractivity contribution < 1.29 is 9.53 Å². The van der Waals surface area contributed by atoms with Crippen LogP contribution in [0.2, 0.25) is 0 Å². The van der Waals surface area contributed by atoms with E-state index in [0.29, 0.717) is 16.9 Å². The van der Waals surface area contributed by atoms with Gasteiger partial charge in [0, 0.05) is 27.7 Å². The first-order valence-electron chi connectivity index (χ1n) is 8.11. The Labute approximate surface area is 145 Å². The predicted molar refractivity (Wildman–Crippen MR) is 100 cm³/mol. The molecule has 0 aliphatic rings. The predicted octanol–water partition coefficient (Wildman–Crippen LogP) is 5.07. The molecule has 0 saturated carbocycles. The van der Waals surface area contributed by atoms with Crippen molar-refractivity contribution in [3.8, 4) is 17.0 Å². The number of hydrogen-bond donors (Lipinski definition) is 1. The second-order valence-electron chi connectivity index (χ2n) is 5.91. The SMILES string of the molecule is COc1cccc(C(=O)c2cccc(-c3cc4ccccc4[nH]3)c2)c1. The van der Waals surface area contributed by atoms with E-state index in [0.717, 1.165) is 22.2 Å². The Hall–Kier alpha value is -3.33. The summed E-state index contributed by atoms with van der Waals surface area (Å²) in [5.41, 5.74) is 4.35. The number of ether oxygens (including phenoxy) is 1. The second-order valence-corrected chi connectivity index (χ2v) is 5.91. The largest absolute Gasteiger partial charge is 0.497 e. The lowest BCUT2D eigenvalue weighted by Gasteiger charge is -2.06. The van der Waals surface area contributed by atoms with Crippen LogP contribution in [0, 0.1) is 0 Å². The molecular weight excluding hydrogens is 310 g/mol. The topological polar surface area (TPSA) is 42.1 Å². The number of fused-ring (bicyclic) bond motifs is 1. The molecule has 3 nitrogen and oxygen atoms in total. The summed E-state index contributed by atoms with van der Waals surface area (Å²) in [4.78, 5) is 16.2. The van der Waals surface area contributed by atoms with Crippen molar-refractivity contribution >= 4 is 16.7 Å². The fourth-order valence-electron chi connectivity index (χ4n) is 2.99. The van der Waals surface area contributed by atoms with Gasteiger partial charge in [-0.05, 0) is 35.9 Å². The molecule has 0 radical (unpaired) electrons. The standard InChI is InChI=1S/C22H17NO2/c1-25-19-10-5-9-18(13-19)22(24)17-8-4-7-15(12-17)21-14-16-6-2-3-11-20(16)23-21/h2-14,23H,1H3. The van der Waals surface area contributed by atoms with E-state index in [9.17, 15) is 4.79 Å². The van der Waals surface area contributed by atoms with Crippen molar-refractivity contribution in [1.82, 2.24) is 4.98 Å². The summed E-state index contributed by atoms with van der Waals surface area (Å²) >= 11 is 0. The highest BCUT2D eigenvalue weighted by Gasteiger charge is 2.12. The summed E-state index contributed by atoms with van der Waals surface area (Å²) in [5.74, 6) is 0.662. The first kappa shape index (κ1) is 15.2. The number of aromatic nitrogens is 1. The third kappa shape index (κ3) is 2.92. The number of aromatic amines is 1. The molecule has 4 rings (SSSR count). The summed E-state index contributed by atoms with van der Waals surface area (Å²) in [7, 11) is 1.60. The van der Waals surface area contributed by atoms with Gasteiger partial charge in [0.05, 0.1) is 7.11 Å². The number of carbonyl (C=O) groups is 1. The minimum atomic E-state index is -0.0168. The van der Waals surface area contributed by atoms with Crippen LogP contribution in [0.4, 0.5) is 0 Å². The maximum Gasteiger partial charge on any atom is 0.193 e. The van der Waals surface area contributed by atoms with Crippen LogP contribution in [0.3, 0.4) is 0 Å². The van der Waals surface area contributed by atoms with E-state index in [-0.39, 0.29) is 5.78 Å². The monoisotopic (exact) mass is 327 g/mol. The number of nitrogens with one attached hydrogen (secondary N) is 1. The molecule has 1 heterocycles. The number of methoxy groups -OCH3 is 1. The van der Waals surface area contributed by atoms with Gasteiger partial charge in [0.1, 0.15) is 5.75 Å². The van der Waals surface area contributed by atoms with Gasteiger partial charge < -0.3 is 9.72 Å². The molecule has 122 valence electrons. The Morgan fingerprint density at radius 1 is 0.840 bits per heavy atom. The van der Waals surface area contributed by atoms with Crippen molar-refractivity contribution in [2.45, 2.75) is 0 Å². The van der Waals surface area contributed by atoms with Gasteiger partial charge in [0.25, 0.3) is 0 Å².